The molecule has 0 saturated carbocycles. The Morgan fingerprint density at radius 3 is 2.32 bits per heavy atom. The standard InChI is InChI=1S/C14H17F2NO2/c1-14(2,3)8-6-17(7-8)12-4-9(13(18)19)10(15)5-11(12)16/h4-5,8H,6-7H2,1-3H3,(H,18,19). The van der Waals surface area contributed by atoms with E-state index in [0.717, 1.165) is 6.07 Å². The average Bonchev–Trinajstić information content (AvgIpc) is 2.16. The third-order valence-electron chi connectivity index (χ3n) is 3.71. The lowest BCUT2D eigenvalue weighted by molar-refractivity contribution is 0.0691. The zero-order valence-electron chi connectivity index (χ0n) is 11.2. The number of carbonyl (C=O) groups is 1. The Labute approximate surface area is 110 Å². The Balaban J connectivity index is 2.23. The van der Waals surface area contributed by atoms with Crippen LogP contribution in [0, 0.1) is 23.0 Å². The number of hydrogen-bond donors (Lipinski definition) is 1. The smallest absolute Gasteiger partial charge is 0.338 e. The Kier molecular flexibility index (Phi) is 3.24. The molecule has 0 radical (unpaired) electrons. The lowest BCUT2D eigenvalue weighted by atomic mass is 9.76. The molecule has 1 fully saturated rings. The summed E-state index contributed by atoms with van der Waals surface area (Å²) in [5, 5.41) is 8.85. The summed E-state index contributed by atoms with van der Waals surface area (Å²) in [7, 11) is 0. The van der Waals surface area contributed by atoms with Crippen LogP contribution in [0.5, 0.6) is 0 Å². The maximum Gasteiger partial charge on any atom is 0.338 e. The Hall–Kier alpha value is -1.65. The molecule has 0 bridgehead atoms. The van der Waals surface area contributed by atoms with Crippen molar-refractivity contribution in [2.45, 2.75) is 20.8 Å². The van der Waals surface area contributed by atoms with E-state index in [1.165, 1.54) is 0 Å². The van der Waals surface area contributed by atoms with E-state index in [4.69, 9.17) is 5.11 Å². The van der Waals surface area contributed by atoms with Gasteiger partial charge < -0.3 is 10.0 Å². The number of hydrogen-bond acceptors (Lipinski definition) is 2. The van der Waals surface area contributed by atoms with E-state index < -0.39 is 23.2 Å². The Morgan fingerprint density at radius 1 is 1.26 bits per heavy atom. The first-order valence-corrected chi connectivity index (χ1v) is 6.17. The van der Waals surface area contributed by atoms with E-state index in [9.17, 15) is 13.6 Å². The fourth-order valence-electron chi connectivity index (χ4n) is 2.17. The third kappa shape index (κ3) is 2.55. The molecule has 1 aromatic carbocycles. The summed E-state index contributed by atoms with van der Waals surface area (Å²) in [6.45, 7) is 7.65. The lowest BCUT2D eigenvalue weighted by Crippen LogP contribution is -2.52. The minimum absolute atomic E-state index is 0.128. The van der Waals surface area contributed by atoms with Crippen LogP contribution in [0.1, 0.15) is 31.1 Å². The Bertz CT molecular complexity index is 517. The van der Waals surface area contributed by atoms with Crippen molar-refractivity contribution >= 4 is 11.7 Å². The number of nitrogens with zero attached hydrogens (tertiary/aromatic N) is 1. The van der Waals surface area contributed by atoms with Crippen LogP contribution in [0.4, 0.5) is 14.5 Å². The molecule has 0 atom stereocenters. The van der Waals surface area contributed by atoms with Crippen LogP contribution in [0.15, 0.2) is 12.1 Å². The topological polar surface area (TPSA) is 40.5 Å². The van der Waals surface area contributed by atoms with Crippen molar-refractivity contribution < 1.29 is 18.7 Å². The Morgan fingerprint density at radius 2 is 1.84 bits per heavy atom. The van der Waals surface area contributed by atoms with Gasteiger partial charge >= 0.3 is 5.97 Å². The largest absolute Gasteiger partial charge is 0.478 e. The van der Waals surface area contributed by atoms with Crippen LogP contribution in [0.25, 0.3) is 0 Å². The summed E-state index contributed by atoms with van der Waals surface area (Å²) in [6, 6.07) is 1.72. The highest BCUT2D eigenvalue weighted by Crippen LogP contribution is 2.37. The second-order valence-electron chi connectivity index (χ2n) is 6.06. The van der Waals surface area contributed by atoms with Crippen molar-refractivity contribution in [3.63, 3.8) is 0 Å². The number of benzene rings is 1. The number of anilines is 1. The highest BCUT2D eigenvalue weighted by molar-refractivity contribution is 5.89. The van der Waals surface area contributed by atoms with Crippen LogP contribution >= 0.6 is 0 Å². The molecule has 3 nitrogen and oxygen atoms in total. The van der Waals surface area contributed by atoms with Crippen molar-refractivity contribution in [1.82, 2.24) is 0 Å². The van der Waals surface area contributed by atoms with Gasteiger partial charge in [-0.3, -0.25) is 0 Å². The van der Waals surface area contributed by atoms with Gasteiger partial charge in [-0.1, -0.05) is 20.8 Å². The summed E-state index contributed by atoms with van der Waals surface area (Å²) in [5.41, 5.74) is -0.197. The van der Waals surface area contributed by atoms with Crippen LogP contribution in [0.3, 0.4) is 0 Å². The number of halogens is 2. The molecule has 19 heavy (non-hydrogen) atoms. The van der Waals surface area contributed by atoms with Gasteiger partial charge in [-0.25, -0.2) is 13.6 Å². The second-order valence-corrected chi connectivity index (χ2v) is 6.06. The van der Waals surface area contributed by atoms with Crippen LogP contribution in [-0.2, 0) is 0 Å². The van der Waals surface area contributed by atoms with Gasteiger partial charge in [0.05, 0.1) is 11.3 Å². The molecule has 104 valence electrons. The van der Waals surface area contributed by atoms with Crippen molar-refractivity contribution in [3.8, 4) is 0 Å². The van der Waals surface area contributed by atoms with E-state index in [2.05, 4.69) is 20.8 Å². The predicted molar refractivity (Wildman–Crippen MR) is 68.5 cm³/mol. The van der Waals surface area contributed by atoms with Gasteiger partial charge in [0, 0.05) is 19.2 Å². The van der Waals surface area contributed by atoms with Gasteiger partial charge in [-0.15, -0.1) is 0 Å². The van der Waals surface area contributed by atoms with Crippen molar-refractivity contribution in [1.29, 1.82) is 0 Å². The van der Waals surface area contributed by atoms with Crippen LogP contribution in [-0.4, -0.2) is 24.2 Å². The molecule has 1 heterocycles. The molecule has 0 aromatic heterocycles. The van der Waals surface area contributed by atoms with E-state index in [1.807, 2.05) is 0 Å². The number of rotatable bonds is 2. The first-order valence-electron chi connectivity index (χ1n) is 6.17. The molecule has 1 aliphatic heterocycles. The molecule has 0 amide bonds. The summed E-state index contributed by atoms with van der Waals surface area (Å²) in [4.78, 5) is 12.6. The lowest BCUT2D eigenvalue weighted by Gasteiger charge is -2.47. The van der Waals surface area contributed by atoms with Gasteiger partial charge in [0.2, 0.25) is 0 Å². The predicted octanol–water partition coefficient (Wildman–Crippen LogP) is 3.15. The number of carboxylic acid groups (broad SMARTS) is 1. The monoisotopic (exact) mass is 269 g/mol. The number of aromatic carboxylic acids is 1. The van der Waals surface area contributed by atoms with Crippen molar-refractivity contribution in [2.24, 2.45) is 11.3 Å². The summed E-state index contributed by atoms with van der Waals surface area (Å²) in [5.74, 6) is -2.71. The zero-order valence-corrected chi connectivity index (χ0v) is 11.2. The molecule has 1 N–H and O–H groups in total. The molecule has 0 unspecified atom stereocenters. The molecule has 0 aliphatic carbocycles. The van der Waals surface area contributed by atoms with E-state index in [0.29, 0.717) is 25.1 Å². The summed E-state index contributed by atoms with van der Waals surface area (Å²) < 4.78 is 27.0. The van der Waals surface area contributed by atoms with Gasteiger partial charge in [0.25, 0.3) is 0 Å². The summed E-state index contributed by atoms with van der Waals surface area (Å²) >= 11 is 0. The van der Waals surface area contributed by atoms with Gasteiger partial charge in [0.15, 0.2) is 0 Å². The van der Waals surface area contributed by atoms with Crippen LogP contribution < -0.4 is 4.90 Å². The molecule has 1 saturated heterocycles. The maximum absolute atomic E-state index is 13.7. The average molecular weight is 269 g/mol. The van der Waals surface area contributed by atoms with Crippen molar-refractivity contribution in [3.05, 3.63) is 29.3 Å². The SMILES string of the molecule is CC(C)(C)C1CN(c2cc(C(=O)O)c(F)cc2F)C1. The molecule has 1 aromatic rings. The molecule has 0 spiro atoms. The highest BCUT2D eigenvalue weighted by Gasteiger charge is 2.37. The van der Waals surface area contributed by atoms with Gasteiger partial charge in [0.1, 0.15) is 11.6 Å². The highest BCUT2D eigenvalue weighted by atomic mass is 19.1. The first kappa shape index (κ1) is 13.8. The normalized spacial score (nSPS) is 16.4. The molecule has 1 aliphatic rings. The van der Waals surface area contributed by atoms with E-state index >= 15 is 0 Å². The first-order chi connectivity index (χ1) is 8.70. The molecular weight excluding hydrogens is 252 g/mol. The molecular formula is C14H17F2NO2. The fourth-order valence-corrected chi connectivity index (χ4v) is 2.17. The van der Waals surface area contributed by atoms with Crippen molar-refractivity contribution in [2.75, 3.05) is 18.0 Å². The fraction of sp³-hybridized carbons (Fsp3) is 0.500. The minimum Gasteiger partial charge on any atom is -0.478 e. The van der Waals surface area contributed by atoms with Gasteiger partial charge in [-0.05, 0) is 17.4 Å². The molecule has 2 rings (SSSR count). The third-order valence-corrected chi connectivity index (χ3v) is 3.71. The minimum atomic E-state index is -1.38. The molecule has 5 heteroatoms. The quantitative estimate of drug-likeness (QED) is 0.896. The maximum atomic E-state index is 13.7. The zero-order chi connectivity index (χ0) is 14.4. The summed E-state index contributed by atoms with van der Waals surface area (Å²) in [6.07, 6.45) is 0. The van der Waals surface area contributed by atoms with Gasteiger partial charge in [-0.2, -0.15) is 0 Å². The number of carboxylic acids is 1. The second kappa shape index (κ2) is 4.47. The van der Waals surface area contributed by atoms with E-state index in [1.54, 1.807) is 4.90 Å². The van der Waals surface area contributed by atoms with E-state index in [-0.39, 0.29) is 11.1 Å². The van der Waals surface area contributed by atoms with Crippen LogP contribution in [0.2, 0.25) is 0 Å².